The number of unbranched alkanes of at least 4 members (excludes halogenated alkanes) is 1. The molecule has 2 aromatic rings. The summed E-state index contributed by atoms with van der Waals surface area (Å²) in [4.78, 5) is 24.9. The molecule has 3 N–H and O–H groups in total. The van der Waals surface area contributed by atoms with Crippen molar-refractivity contribution in [3.05, 3.63) is 54.1 Å². The third-order valence-corrected chi connectivity index (χ3v) is 4.63. The van der Waals surface area contributed by atoms with E-state index in [0.717, 1.165) is 23.4 Å². The Morgan fingerprint density at radius 2 is 1.77 bits per heavy atom. The molecule has 0 fully saturated rings. The lowest BCUT2D eigenvalue weighted by Gasteiger charge is -2.07. The Morgan fingerprint density at radius 1 is 1.08 bits per heavy atom. The van der Waals surface area contributed by atoms with Crippen LogP contribution in [0.15, 0.2) is 53.4 Å². The molecule has 0 radical (unpaired) electrons. The molecule has 26 heavy (non-hydrogen) atoms. The van der Waals surface area contributed by atoms with Crippen LogP contribution in [0.4, 0.5) is 11.4 Å². The largest absolute Gasteiger partial charge is 0.462 e. The molecule has 0 heterocycles. The van der Waals surface area contributed by atoms with E-state index < -0.39 is 0 Å². The van der Waals surface area contributed by atoms with Crippen LogP contribution in [-0.4, -0.2) is 24.2 Å². The average molecular weight is 372 g/mol. The van der Waals surface area contributed by atoms with Crippen molar-refractivity contribution >= 4 is 35.0 Å². The lowest BCUT2D eigenvalue weighted by molar-refractivity contribution is -0.115. The molecule has 0 aliphatic heterocycles. The fraction of sp³-hybridized carbons (Fsp3) is 0.300. The zero-order chi connectivity index (χ0) is 18.8. The first-order valence-electron chi connectivity index (χ1n) is 8.64. The molecular weight excluding hydrogens is 348 g/mol. The molecule has 0 aliphatic carbocycles. The standard InChI is InChI=1S/C20H24N2O3S/c1-2-3-13-25-20(24)15-4-8-17(9-5-15)22-19(23)12-14-26-18-10-6-16(21)7-11-18/h4-11H,2-3,12-14,21H2,1H3,(H,22,23). The molecule has 5 nitrogen and oxygen atoms in total. The molecule has 2 rings (SSSR count). The van der Waals surface area contributed by atoms with Gasteiger partial charge in [0.25, 0.3) is 0 Å². The van der Waals surface area contributed by atoms with Crippen LogP contribution in [0.5, 0.6) is 0 Å². The predicted octanol–water partition coefficient (Wildman–Crippen LogP) is 4.35. The molecule has 1 amide bonds. The number of esters is 1. The third-order valence-electron chi connectivity index (χ3n) is 3.61. The van der Waals surface area contributed by atoms with Crippen molar-refractivity contribution < 1.29 is 14.3 Å². The number of benzene rings is 2. The van der Waals surface area contributed by atoms with E-state index in [0.29, 0.717) is 30.0 Å². The van der Waals surface area contributed by atoms with Gasteiger partial charge in [-0.15, -0.1) is 11.8 Å². The Bertz CT molecular complexity index is 715. The topological polar surface area (TPSA) is 81.4 Å². The Labute approximate surface area is 158 Å². The van der Waals surface area contributed by atoms with Gasteiger partial charge in [0.15, 0.2) is 0 Å². The zero-order valence-electron chi connectivity index (χ0n) is 14.9. The number of hydrogen-bond donors (Lipinski definition) is 2. The highest BCUT2D eigenvalue weighted by Gasteiger charge is 2.08. The molecule has 0 spiro atoms. The molecule has 0 saturated heterocycles. The number of anilines is 2. The minimum Gasteiger partial charge on any atom is -0.462 e. The maximum absolute atomic E-state index is 12.0. The third kappa shape index (κ3) is 6.80. The van der Waals surface area contributed by atoms with Crippen molar-refractivity contribution in [3.63, 3.8) is 0 Å². The Morgan fingerprint density at radius 3 is 2.42 bits per heavy atom. The van der Waals surface area contributed by atoms with Gasteiger partial charge in [0.2, 0.25) is 5.91 Å². The van der Waals surface area contributed by atoms with Gasteiger partial charge >= 0.3 is 5.97 Å². The summed E-state index contributed by atoms with van der Waals surface area (Å²) in [7, 11) is 0. The summed E-state index contributed by atoms with van der Waals surface area (Å²) < 4.78 is 5.16. The summed E-state index contributed by atoms with van der Waals surface area (Å²) in [6.45, 7) is 2.47. The van der Waals surface area contributed by atoms with Gasteiger partial charge in [-0.05, 0) is 55.0 Å². The van der Waals surface area contributed by atoms with E-state index in [1.54, 1.807) is 36.0 Å². The quantitative estimate of drug-likeness (QED) is 0.296. The van der Waals surface area contributed by atoms with Crippen LogP contribution < -0.4 is 11.1 Å². The van der Waals surface area contributed by atoms with Crippen LogP contribution in [0.25, 0.3) is 0 Å². The van der Waals surface area contributed by atoms with E-state index in [9.17, 15) is 9.59 Å². The van der Waals surface area contributed by atoms with Gasteiger partial charge in [-0.1, -0.05) is 13.3 Å². The number of nitrogens with one attached hydrogen (secondary N) is 1. The van der Waals surface area contributed by atoms with E-state index in [1.807, 2.05) is 31.2 Å². The first-order valence-corrected chi connectivity index (χ1v) is 9.62. The molecule has 0 atom stereocenters. The second-order valence-electron chi connectivity index (χ2n) is 5.78. The van der Waals surface area contributed by atoms with E-state index in [1.165, 1.54) is 0 Å². The second-order valence-corrected chi connectivity index (χ2v) is 6.95. The minimum atomic E-state index is -0.337. The fourth-order valence-electron chi connectivity index (χ4n) is 2.13. The predicted molar refractivity (Wildman–Crippen MR) is 106 cm³/mol. The Kier molecular flexibility index (Phi) is 8.02. The summed E-state index contributed by atoms with van der Waals surface area (Å²) in [5, 5.41) is 2.83. The molecule has 138 valence electrons. The molecule has 2 aromatic carbocycles. The summed E-state index contributed by atoms with van der Waals surface area (Å²) in [5.74, 6) is 0.278. The van der Waals surface area contributed by atoms with Gasteiger partial charge < -0.3 is 15.8 Å². The van der Waals surface area contributed by atoms with Gasteiger partial charge in [0.05, 0.1) is 12.2 Å². The number of ether oxygens (including phenoxy) is 1. The fourth-order valence-corrected chi connectivity index (χ4v) is 2.98. The number of carbonyl (C=O) groups is 2. The number of rotatable bonds is 9. The van der Waals surface area contributed by atoms with Crippen LogP contribution in [0.3, 0.4) is 0 Å². The maximum Gasteiger partial charge on any atom is 0.338 e. The Hall–Kier alpha value is -2.47. The maximum atomic E-state index is 12.0. The molecule has 0 aliphatic rings. The summed E-state index contributed by atoms with van der Waals surface area (Å²) in [5.41, 5.74) is 7.52. The van der Waals surface area contributed by atoms with E-state index in [-0.39, 0.29) is 11.9 Å². The number of amides is 1. The zero-order valence-corrected chi connectivity index (χ0v) is 15.7. The number of carbonyl (C=O) groups excluding carboxylic acids is 2. The highest BCUT2D eigenvalue weighted by atomic mass is 32.2. The van der Waals surface area contributed by atoms with Gasteiger partial charge in [-0.25, -0.2) is 4.79 Å². The number of hydrogen-bond acceptors (Lipinski definition) is 5. The van der Waals surface area contributed by atoms with Crippen molar-refractivity contribution in [2.24, 2.45) is 0 Å². The number of thioether (sulfide) groups is 1. The lowest BCUT2D eigenvalue weighted by atomic mass is 10.2. The summed E-state index contributed by atoms with van der Waals surface area (Å²) >= 11 is 1.61. The molecule has 0 saturated carbocycles. The normalized spacial score (nSPS) is 10.3. The highest BCUT2D eigenvalue weighted by molar-refractivity contribution is 7.99. The summed E-state index contributed by atoms with van der Waals surface area (Å²) in [6, 6.07) is 14.3. The molecule has 0 aromatic heterocycles. The molecule has 6 heteroatoms. The van der Waals surface area contributed by atoms with Crippen molar-refractivity contribution in [2.45, 2.75) is 31.1 Å². The first-order chi connectivity index (χ1) is 12.6. The van der Waals surface area contributed by atoms with Gasteiger partial charge in [0.1, 0.15) is 0 Å². The van der Waals surface area contributed by atoms with Crippen molar-refractivity contribution in [1.82, 2.24) is 0 Å². The van der Waals surface area contributed by atoms with Gasteiger partial charge in [-0.3, -0.25) is 4.79 Å². The SMILES string of the molecule is CCCCOC(=O)c1ccc(NC(=O)CCSc2ccc(N)cc2)cc1. The average Bonchev–Trinajstić information content (AvgIpc) is 2.64. The van der Waals surface area contributed by atoms with E-state index in [4.69, 9.17) is 10.5 Å². The van der Waals surface area contributed by atoms with Crippen molar-refractivity contribution in [2.75, 3.05) is 23.4 Å². The molecule has 0 unspecified atom stereocenters. The molecule has 0 bridgehead atoms. The highest BCUT2D eigenvalue weighted by Crippen LogP contribution is 2.20. The summed E-state index contributed by atoms with van der Waals surface area (Å²) in [6.07, 6.45) is 2.24. The van der Waals surface area contributed by atoms with Crippen LogP contribution in [0.1, 0.15) is 36.5 Å². The van der Waals surface area contributed by atoms with Gasteiger partial charge in [0, 0.05) is 28.4 Å². The van der Waals surface area contributed by atoms with Crippen LogP contribution >= 0.6 is 11.8 Å². The minimum absolute atomic E-state index is 0.0637. The van der Waals surface area contributed by atoms with Gasteiger partial charge in [-0.2, -0.15) is 0 Å². The van der Waals surface area contributed by atoms with Crippen LogP contribution in [0, 0.1) is 0 Å². The smallest absolute Gasteiger partial charge is 0.338 e. The van der Waals surface area contributed by atoms with Crippen LogP contribution in [-0.2, 0) is 9.53 Å². The van der Waals surface area contributed by atoms with Crippen molar-refractivity contribution in [3.8, 4) is 0 Å². The Balaban J connectivity index is 1.74. The van der Waals surface area contributed by atoms with Crippen molar-refractivity contribution in [1.29, 1.82) is 0 Å². The van der Waals surface area contributed by atoms with E-state index in [2.05, 4.69) is 5.32 Å². The number of nitrogens with two attached hydrogens (primary N) is 1. The number of nitrogen functional groups attached to an aromatic ring is 1. The first kappa shape index (κ1) is 19.8. The monoisotopic (exact) mass is 372 g/mol. The van der Waals surface area contributed by atoms with Crippen LogP contribution in [0.2, 0.25) is 0 Å². The van der Waals surface area contributed by atoms with E-state index >= 15 is 0 Å². The lowest BCUT2D eigenvalue weighted by Crippen LogP contribution is -2.12. The molecular formula is C20H24N2O3S. The second kappa shape index (κ2) is 10.5.